The van der Waals surface area contributed by atoms with Crippen molar-refractivity contribution in [1.29, 1.82) is 0 Å². The number of aliphatic hydroxyl groups is 1. The highest BCUT2D eigenvalue weighted by molar-refractivity contribution is 7.10. The van der Waals surface area contributed by atoms with E-state index in [1.54, 1.807) is 11.3 Å². The lowest BCUT2D eigenvalue weighted by molar-refractivity contribution is 0.116. The predicted molar refractivity (Wildman–Crippen MR) is 58.9 cm³/mol. The molecule has 0 aliphatic heterocycles. The molecule has 0 radical (unpaired) electrons. The first-order chi connectivity index (χ1) is 7.27. The maximum atomic E-state index is 11.2. The standard InChI is InChI=1S/C10H15NO3S/c1-2-8(9-4-3-7-15-9)11-10(13)14-6-5-12/h3-4,7-8,12H,2,5-6H2,1H3,(H,11,13). The van der Waals surface area contributed by atoms with Crippen LogP contribution in [0.15, 0.2) is 17.5 Å². The van der Waals surface area contributed by atoms with Crippen LogP contribution in [0.5, 0.6) is 0 Å². The zero-order valence-corrected chi connectivity index (χ0v) is 9.42. The van der Waals surface area contributed by atoms with Crippen molar-refractivity contribution in [2.45, 2.75) is 19.4 Å². The number of hydrogen-bond donors (Lipinski definition) is 2. The Hall–Kier alpha value is -1.07. The van der Waals surface area contributed by atoms with Crippen LogP contribution in [0, 0.1) is 0 Å². The average Bonchev–Trinajstić information content (AvgIpc) is 2.76. The molecule has 1 unspecified atom stereocenters. The van der Waals surface area contributed by atoms with E-state index in [9.17, 15) is 4.79 Å². The van der Waals surface area contributed by atoms with Crippen LogP contribution in [-0.4, -0.2) is 24.4 Å². The number of thiophene rings is 1. The molecule has 1 rings (SSSR count). The Morgan fingerprint density at radius 2 is 2.53 bits per heavy atom. The summed E-state index contributed by atoms with van der Waals surface area (Å²) in [7, 11) is 0. The zero-order valence-electron chi connectivity index (χ0n) is 8.60. The first-order valence-corrected chi connectivity index (χ1v) is 5.73. The molecule has 0 aromatic carbocycles. The molecule has 1 atom stereocenters. The van der Waals surface area contributed by atoms with Crippen molar-refractivity contribution in [3.63, 3.8) is 0 Å². The smallest absolute Gasteiger partial charge is 0.407 e. The topological polar surface area (TPSA) is 58.6 Å². The monoisotopic (exact) mass is 229 g/mol. The third-order valence-electron chi connectivity index (χ3n) is 1.91. The molecule has 1 amide bonds. The Labute approximate surface area is 92.9 Å². The molecule has 0 bridgehead atoms. The molecule has 2 N–H and O–H groups in total. The van der Waals surface area contributed by atoms with Gasteiger partial charge in [0.25, 0.3) is 0 Å². The lowest BCUT2D eigenvalue weighted by Crippen LogP contribution is -2.29. The predicted octanol–water partition coefficient (Wildman–Crippen LogP) is 1.92. The molecular weight excluding hydrogens is 214 g/mol. The third kappa shape index (κ3) is 3.89. The molecule has 84 valence electrons. The van der Waals surface area contributed by atoms with Crippen LogP contribution < -0.4 is 5.32 Å². The van der Waals surface area contributed by atoms with Crippen molar-refractivity contribution in [1.82, 2.24) is 5.32 Å². The van der Waals surface area contributed by atoms with E-state index in [-0.39, 0.29) is 19.3 Å². The van der Waals surface area contributed by atoms with Gasteiger partial charge in [-0.25, -0.2) is 4.79 Å². The fourth-order valence-corrected chi connectivity index (χ4v) is 2.05. The van der Waals surface area contributed by atoms with E-state index in [2.05, 4.69) is 5.32 Å². The number of alkyl carbamates (subject to hydrolysis) is 1. The van der Waals surface area contributed by atoms with Crippen molar-refractivity contribution in [3.05, 3.63) is 22.4 Å². The summed E-state index contributed by atoms with van der Waals surface area (Å²) in [5, 5.41) is 13.2. The molecule has 1 heterocycles. The normalized spacial score (nSPS) is 12.1. The van der Waals surface area contributed by atoms with Crippen molar-refractivity contribution >= 4 is 17.4 Å². The van der Waals surface area contributed by atoms with Crippen molar-refractivity contribution in [2.75, 3.05) is 13.2 Å². The highest BCUT2D eigenvalue weighted by atomic mass is 32.1. The summed E-state index contributed by atoms with van der Waals surface area (Å²) in [5.74, 6) is 0. The first-order valence-electron chi connectivity index (χ1n) is 4.85. The largest absolute Gasteiger partial charge is 0.447 e. The molecule has 0 saturated carbocycles. The van der Waals surface area contributed by atoms with Gasteiger partial charge in [-0.3, -0.25) is 0 Å². The quantitative estimate of drug-likeness (QED) is 0.811. The summed E-state index contributed by atoms with van der Waals surface area (Å²) >= 11 is 1.60. The van der Waals surface area contributed by atoms with E-state index in [4.69, 9.17) is 9.84 Å². The van der Waals surface area contributed by atoms with Gasteiger partial charge in [0.15, 0.2) is 0 Å². The van der Waals surface area contributed by atoms with Crippen LogP contribution in [0.1, 0.15) is 24.3 Å². The highest BCUT2D eigenvalue weighted by Gasteiger charge is 2.13. The number of amides is 1. The minimum atomic E-state index is -0.482. The number of hydrogen-bond acceptors (Lipinski definition) is 4. The minimum absolute atomic E-state index is 0.00353. The lowest BCUT2D eigenvalue weighted by Gasteiger charge is -2.14. The maximum absolute atomic E-state index is 11.2. The van der Waals surface area contributed by atoms with Gasteiger partial charge in [0, 0.05) is 4.88 Å². The van der Waals surface area contributed by atoms with Crippen LogP contribution in [-0.2, 0) is 4.74 Å². The van der Waals surface area contributed by atoms with Gasteiger partial charge in [0.1, 0.15) is 6.61 Å². The molecule has 5 heteroatoms. The molecule has 0 aliphatic carbocycles. The van der Waals surface area contributed by atoms with Crippen molar-refractivity contribution < 1.29 is 14.6 Å². The molecule has 0 spiro atoms. The fraction of sp³-hybridized carbons (Fsp3) is 0.500. The lowest BCUT2D eigenvalue weighted by atomic mass is 10.2. The van der Waals surface area contributed by atoms with Gasteiger partial charge >= 0.3 is 6.09 Å². The number of nitrogens with one attached hydrogen (secondary N) is 1. The second-order valence-electron chi connectivity index (χ2n) is 2.98. The maximum Gasteiger partial charge on any atom is 0.407 e. The summed E-state index contributed by atoms with van der Waals surface area (Å²) in [6, 6.07) is 3.92. The minimum Gasteiger partial charge on any atom is -0.447 e. The number of carbonyl (C=O) groups is 1. The molecule has 1 aromatic rings. The van der Waals surface area contributed by atoms with Gasteiger partial charge in [0.2, 0.25) is 0 Å². The second kappa shape index (κ2) is 6.42. The van der Waals surface area contributed by atoms with Crippen molar-refractivity contribution in [3.8, 4) is 0 Å². The Kier molecular flexibility index (Phi) is 5.14. The highest BCUT2D eigenvalue weighted by Crippen LogP contribution is 2.21. The third-order valence-corrected chi connectivity index (χ3v) is 2.90. The van der Waals surface area contributed by atoms with Crippen molar-refractivity contribution in [2.24, 2.45) is 0 Å². The molecule has 0 fully saturated rings. The Morgan fingerprint density at radius 3 is 3.07 bits per heavy atom. The van der Waals surface area contributed by atoms with Crippen LogP contribution in [0.4, 0.5) is 4.79 Å². The van der Waals surface area contributed by atoms with E-state index in [1.807, 2.05) is 24.4 Å². The van der Waals surface area contributed by atoms with E-state index in [1.165, 1.54) is 0 Å². The fourth-order valence-electron chi connectivity index (χ4n) is 1.19. The molecule has 0 aliphatic rings. The molecule has 0 saturated heterocycles. The van der Waals surface area contributed by atoms with Crippen LogP contribution in [0.2, 0.25) is 0 Å². The summed E-state index contributed by atoms with van der Waals surface area (Å²) in [5.41, 5.74) is 0. The Morgan fingerprint density at radius 1 is 1.73 bits per heavy atom. The SMILES string of the molecule is CCC(NC(=O)OCCO)c1cccs1. The summed E-state index contributed by atoms with van der Waals surface area (Å²) in [4.78, 5) is 12.3. The van der Waals surface area contributed by atoms with Crippen LogP contribution >= 0.6 is 11.3 Å². The molecule has 15 heavy (non-hydrogen) atoms. The number of aliphatic hydroxyl groups excluding tert-OH is 1. The summed E-state index contributed by atoms with van der Waals surface area (Å²) in [6.07, 6.45) is 0.332. The van der Waals surface area contributed by atoms with E-state index in [0.717, 1.165) is 11.3 Å². The number of carbonyl (C=O) groups excluding carboxylic acids is 1. The molecular formula is C10H15NO3S. The Bertz CT molecular complexity index is 287. The first kappa shape index (κ1) is 12.0. The van der Waals surface area contributed by atoms with Crippen LogP contribution in [0.25, 0.3) is 0 Å². The number of rotatable bonds is 5. The van der Waals surface area contributed by atoms with Gasteiger partial charge in [-0.05, 0) is 17.9 Å². The number of ether oxygens (including phenoxy) is 1. The van der Waals surface area contributed by atoms with Gasteiger partial charge in [-0.1, -0.05) is 13.0 Å². The van der Waals surface area contributed by atoms with E-state index in [0.29, 0.717) is 0 Å². The van der Waals surface area contributed by atoms with Gasteiger partial charge in [0.05, 0.1) is 12.6 Å². The molecule has 4 nitrogen and oxygen atoms in total. The van der Waals surface area contributed by atoms with Gasteiger partial charge in [-0.15, -0.1) is 11.3 Å². The zero-order chi connectivity index (χ0) is 11.1. The second-order valence-corrected chi connectivity index (χ2v) is 3.96. The van der Waals surface area contributed by atoms with E-state index < -0.39 is 6.09 Å². The summed E-state index contributed by atoms with van der Waals surface area (Å²) < 4.78 is 4.73. The molecule has 1 aromatic heterocycles. The van der Waals surface area contributed by atoms with E-state index >= 15 is 0 Å². The summed E-state index contributed by atoms with van der Waals surface area (Å²) in [6.45, 7) is 1.88. The average molecular weight is 229 g/mol. The van der Waals surface area contributed by atoms with Gasteiger partial charge in [-0.2, -0.15) is 0 Å². The van der Waals surface area contributed by atoms with Gasteiger partial charge < -0.3 is 15.2 Å². The Balaban J connectivity index is 2.44. The van der Waals surface area contributed by atoms with Crippen LogP contribution in [0.3, 0.4) is 0 Å².